The summed E-state index contributed by atoms with van der Waals surface area (Å²) >= 11 is 0. The van der Waals surface area contributed by atoms with Crippen LogP contribution in [0, 0.1) is 23.7 Å². The van der Waals surface area contributed by atoms with E-state index in [4.69, 9.17) is 9.47 Å². The van der Waals surface area contributed by atoms with E-state index in [1.165, 1.54) is 0 Å². The van der Waals surface area contributed by atoms with Crippen molar-refractivity contribution in [1.82, 2.24) is 0 Å². The van der Waals surface area contributed by atoms with Crippen molar-refractivity contribution in [2.75, 3.05) is 12.5 Å². The number of ether oxygens (including phenoxy) is 2. The van der Waals surface area contributed by atoms with Crippen LogP contribution in [0.25, 0.3) is 0 Å². The van der Waals surface area contributed by atoms with Gasteiger partial charge in [-0.15, -0.1) is 0 Å². The third-order valence-corrected chi connectivity index (χ3v) is 12.1. The van der Waals surface area contributed by atoms with Crippen LogP contribution in [0.15, 0.2) is 24.3 Å². The zero-order valence-corrected chi connectivity index (χ0v) is 27.5. The van der Waals surface area contributed by atoms with Gasteiger partial charge in [-0.25, -0.2) is 0 Å². The lowest BCUT2D eigenvalue weighted by molar-refractivity contribution is 0.338. The van der Waals surface area contributed by atoms with E-state index in [1.54, 1.807) is 0 Å². The van der Waals surface area contributed by atoms with Gasteiger partial charge >= 0.3 is 0 Å². The Kier molecular flexibility index (Phi) is 12.7. The lowest BCUT2D eigenvalue weighted by atomic mass is 9.95. The van der Waals surface area contributed by atoms with E-state index >= 15 is 0 Å². The zero-order valence-electron chi connectivity index (χ0n) is 26.5. The molecule has 0 saturated heterocycles. The molecule has 39 heavy (non-hydrogen) atoms. The van der Waals surface area contributed by atoms with Gasteiger partial charge in [0.05, 0.1) is 12.5 Å². The molecular formula is C34H56O4Si. The molecule has 0 aliphatic rings. The van der Waals surface area contributed by atoms with E-state index in [2.05, 4.69) is 69.2 Å². The Labute approximate surface area is 240 Å². The predicted octanol–water partition coefficient (Wildman–Crippen LogP) is 8.92. The second kappa shape index (κ2) is 15.0. The molecule has 220 valence electrons. The summed E-state index contributed by atoms with van der Waals surface area (Å²) in [7, 11) is -1.90. The minimum atomic E-state index is -1.90. The van der Waals surface area contributed by atoms with E-state index in [9.17, 15) is 10.2 Å². The van der Waals surface area contributed by atoms with Crippen molar-refractivity contribution in [3.05, 3.63) is 46.5 Å². The third kappa shape index (κ3) is 10.1. The monoisotopic (exact) mass is 556 g/mol. The molecule has 0 spiro atoms. The summed E-state index contributed by atoms with van der Waals surface area (Å²) in [5.41, 5.74) is 3.92. The van der Waals surface area contributed by atoms with Gasteiger partial charge in [0, 0.05) is 0 Å². The summed E-state index contributed by atoms with van der Waals surface area (Å²) < 4.78 is 13.1. The van der Waals surface area contributed by atoms with Gasteiger partial charge in [-0.3, -0.25) is 0 Å². The molecule has 0 unspecified atom stereocenters. The summed E-state index contributed by atoms with van der Waals surface area (Å²) in [5, 5.41) is 21.9. The van der Waals surface area contributed by atoms with Gasteiger partial charge in [0.15, 0.2) is 0 Å². The highest BCUT2D eigenvalue weighted by Crippen LogP contribution is 2.34. The number of phenols is 2. The maximum atomic E-state index is 10.9. The Bertz CT molecular complexity index is 896. The summed E-state index contributed by atoms with van der Waals surface area (Å²) in [6.07, 6.45) is 4.70. The molecule has 0 aromatic heterocycles. The largest absolute Gasteiger partial charge is 0.507 e. The molecule has 5 heteroatoms. The maximum absolute atomic E-state index is 10.9. The molecule has 0 saturated carbocycles. The van der Waals surface area contributed by atoms with E-state index < -0.39 is 8.07 Å². The van der Waals surface area contributed by atoms with Crippen molar-refractivity contribution in [1.29, 1.82) is 0 Å². The lowest BCUT2D eigenvalue weighted by Gasteiger charge is -2.29. The fourth-order valence-corrected chi connectivity index (χ4v) is 7.52. The van der Waals surface area contributed by atoms with Gasteiger partial charge in [-0.2, -0.15) is 0 Å². The number of rotatable bonds is 16. The number of hydrogen-bond acceptors (Lipinski definition) is 4. The zero-order chi connectivity index (χ0) is 29.3. The summed E-state index contributed by atoms with van der Waals surface area (Å²) in [4.78, 5) is 0. The average molecular weight is 557 g/mol. The number of hydrogen-bond donors (Lipinski definition) is 2. The van der Waals surface area contributed by atoms with E-state index in [0.29, 0.717) is 47.6 Å². The normalized spacial score (nSPS) is 12.3. The summed E-state index contributed by atoms with van der Waals surface area (Å²) in [6.45, 7) is 22.0. The molecular weight excluding hydrogens is 500 g/mol. The average Bonchev–Trinajstić information content (AvgIpc) is 2.84. The minimum absolute atomic E-state index is 0.435. The Morgan fingerprint density at radius 1 is 0.538 bits per heavy atom. The van der Waals surface area contributed by atoms with Crippen molar-refractivity contribution in [2.24, 2.45) is 23.7 Å². The van der Waals surface area contributed by atoms with Crippen LogP contribution < -0.4 is 9.47 Å². The molecule has 0 fully saturated rings. The highest BCUT2D eigenvalue weighted by Gasteiger charge is 2.32. The molecule has 2 aromatic carbocycles. The molecule has 0 aliphatic heterocycles. The number of phenolic OH excluding ortho intramolecular Hbond substituents is 2. The van der Waals surface area contributed by atoms with Crippen molar-refractivity contribution in [3.63, 3.8) is 0 Å². The quantitative estimate of drug-likeness (QED) is 0.203. The molecule has 2 rings (SSSR count). The second-order valence-electron chi connectivity index (χ2n) is 13.4. The van der Waals surface area contributed by atoms with Crippen LogP contribution in [0.3, 0.4) is 0 Å². The van der Waals surface area contributed by atoms with Crippen molar-refractivity contribution in [2.45, 2.75) is 107 Å². The Hall–Kier alpha value is -2.14. The third-order valence-electron chi connectivity index (χ3n) is 7.59. The lowest BCUT2D eigenvalue weighted by Crippen LogP contribution is -2.46. The molecule has 0 aliphatic carbocycles. The number of benzene rings is 2. The van der Waals surface area contributed by atoms with E-state index in [0.717, 1.165) is 71.5 Å². The topological polar surface area (TPSA) is 58.9 Å². The fraction of sp³-hybridized carbons (Fsp3) is 0.647. The van der Waals surface area contributed by atoms with Crippen LogP contribution in [0.4, 0.5) is 0 Å². The van der Waals surface area contributed by atoms with Crippen LogP contribution in [-0.4, -0.2) is 30.7 Å². The molecule has 0 bridgehead atoms. The molecule has 2 aromatic rings. The van der Waals surface area contributed by atoms with Gasteiger partial charge in [0.1, 0.15) is 31.1 Å². The smallest absolute Gasteiger partial charge is 0.141 e. The standard InChI is InChI=1S/C34H56O4Si/c1-11-39(12-2,21-37-31-17-27(13-23(3)4)33(35)28(18-31)14-24(5)6)22-38-32-19-29(15-25(7)8)34(36)30(20-32)16-26(9)10/h17-20,23-26,35-36H,11-16,21-22H2,1-10H3. The highest BCUT2D eigenvalue weighted by atomic mass is 28.3. The fourth-order valence-electron chi connectivity index (χ4n) is 5.18. The van der Waals surface area contributed by atoms with E-state index in [-0.39, 0.29) is 0 Å². The molecule has 0 heterocycles. The minimum Gasteiger partial charge on any atom is -0.507 e. The van der Waals surface area contributed by atoms with Crippen LogP contribution in [0.1, 0.15) is 91.5 Å². The maximum Gasteiger partial charge on any atom is 0.141 e. The molecule has 2 N–H and O–H groups in total. The van der Waals surface area contributed by atoms with Crippen LogP contribution in [-0.2, 0) is 25.7 Å². The predicted molar refractivity (Wildman–Crippen MR) is 168 cm³/mol. The van der Waals surface area contributed by atoms with Gasteiger partial charge in [-0.1, -0.05) is 81.3 Å². The van der Waals surface area contributed by atoms with Gasteiger partial charge in [-0.05, 0) is 95.9 Å². The van der Waals surface area contributed by atoms with Gasteiger partial charge in [0.2, 0.25) is 0 Å². The van der Waals surface area contributed by atoms with Crippen LogP contribution >= 0.6 is 0 Å². The number of aromatic hydroxyl groups is 2. The first-order chi connectivity index (χ1) is 18.3. The Morgan fingerprint density at radius 3 is 1.00 bits per heavy atom. The molecule has 0 atom stereocenters. The summed E-state index contributed by atoms with van der Waals surface area (Å²) in [6, 6.07) is 10.3. The second-order valence-corrected chi connectivity index (χ2v) is 18.3. The van der Waals surface area contributed by atoms with Crippen molar-refractivity contribution in [3.8, 4) is 23.0 Å². The van der Waals surface area contributed by atoms with Crippen LogP contribution in [0.5, 0.6) is 23.0 Å². The van der Waals surface area contributed by atoms with Crippen LogP contribution in [0.2, 0.25) is 12.1 Å². The summed E-state index contributed by atoms with van der Waals surface area (Å²) in [5.74, 6) is 4.42. The van der Waals surface area contributed by atoms with E-state index in [1.807, 2.05) is 24.3 Å². The molecule has 0 radical (unpaired) electrons. The SMILES string of the molecule is CC[Si](CC)(COc1cc(CC(C)C)c(O)c(CC(C)C)c1)COc1cc(CC(C)C)c(O)c(CC(C)C)c1. The molecule has 0 amide bonds. The van der Waals surface area contributed by atoms with Crippen molar-refractivity contribution < 1.29 is 19.7 Å². The first-order valence-electron chi connectivity index (χ1n) is 15.2. The van der Waals surface area contributed by atoms with Gasteiger partial charge < -0.3 is 19.7 Å². The first kappa shape index (κ1) is 33.1. The Balaban J connectivity index is 2.29. The highest BCUT2D eigenvalue weighted by molar-refractivity contribution is 6.79. The Morgan fingerprint density at radius 2 is 0.795 bits per heavy atom. The first-order valence-corrected chi connectivity index (χ1v) is 18.1. The molecule has 4 nitrogen and oxygen atoms in total. The van der Waals surface area contributed by atoms with Crippen molar-refractivity contribution >= 4 is 8.07 Å². The van der Waals surface area contributed by atoms with Gasteiger partial charge in [0.25, 0.3) is 0 Å².